The van der Waals surface area contributed by atoms with Crippen molar-refractivity contribution in [2.24, 2.45) is 0 Å². The third kappa shape index (κ3) is 6.79. The molecule has 0 bridgehead atoms. The van der Waals surface area contributed by atoms with Crippen molar-refractivity contribution in [2.75, 3.05) is 26.2 Å². The van der Waals surface area contributed by atoms with Crippen LogP contribution in [0.4, 0.5) is 4.79 Å². The summed E-state index contributed by atoms with van der Waals surface area (Å²) in [6.45, 7) is 12.0. The minimum Gasteiger partial charge on any atom is -0.371 e. The number of nitrogens with zero attached hydrogens (tertiary/aromatic N) is 2. The van der Waals surface area contributed by atoms with Crippen molar-refractivity contribution in [3.63, 3.8) is 0 Å². The molecular weight excluding hydrogens is 438 g/mol. The van der Waals surface area contributed by atoms with Crippen LogP contribution < -0.4 is 5.32 Å². The van der Waals surface area contributed by atoms with E-state index in [1.165, 1.54) is 4.31 Å². The van der Waals surface area contributed by atoms with Crippen molar-refractivity contribution in [2.45, 2.75) is 58.3 Å². The van der Waals surface area contributed by atoms with Gasteiger partial charge in [-0.2, -0.15) is 4.31 Å². The predicted octanol–water partition coefficient (Wildman–Crippen LogP) is 3.83. The smallest absolute Gasteiger partial charge is 0.317 e. The summed E-state index contributed by atoms with van der Waals surface area (Å²) in [5.74, 6) is 0. The number of carbonyl (C=O) groups is 1. The first-order valence-corrected chi connectivity index (χ1v) is 12.7. The Morgan fingerprint density at radius 2 is 1.67 bits per heavy atom. The Balaban J connectivity index is 1.53. The standard InChI is InChI=1S/C25H35N3O4S/c1-19-9-10-23(20(2)15-19)33(30,31)28-13-11-27(12-14-28)24(29)26-17-21-7-6-8-22(16-21)18-32-25(3,4)5/h6-10,15-16H,11-14,17-18H2,1-5H3,(H,26,29). The molecule has 1 aliphatic rings. The number of carbonyl (C=O) groups excluding carboxylic acids is 1. The first kappa shape index (κ1) is 25.2. The second-order valence-corrected chi connectivity index (χ2v) is 11.4. The van der Waals surface area contributed by atoms with Gasteiger partial charge in [0, 0.05) is 32.7 Å². The number of hydrogen-bond donors (Lipinski definition) is 1. The number of urea groups is 1. The second-order valence-electron chi connectivity index (χ2n) is 9.54. The Morgan fingerprint density at radius 3 is 2.30 bits per heavy atom. The van der Waals surface area contributed by atoms with Gasteiger partial charge in [-0.05, 0) is 57.4 Å². The lowest BCUT2D eigenvalue weighted by atomic mass is 10.1. The summed E-state index contributed by atoms with van der Waals surface area (Å²) in [5.41, 5.74) is 3.61. The zero-order valence-electron chi connectivity index (χ0n) is 20.2. The summed E-state index contributed by atoms with van der Waals surface area (Å²) < 4.78 is 33.4. The van der Waals surface area contributed by atoms with Gasteiger partial charge in [0.1, 0.15) is 0 Å². The van der Waals surface area contributed by atoms with E-state index in [9.17, 15) is 13.2 Å². The molecule has 180 valence electrons. The van der Waals surface area contributed by atoms with Crippen LogP contribution >= 0.6 is 0 Å². The minimum atomic E-state index is -3.57. The van der Waals surface area contributed by atoms with Crippen LogP contribution in [0.25, 0.3) is 0 Å². The first-order chi connectivity index (χ1) is 15.5. The van der Waals surface area contributed by atoms with E-state index in [1.54, 1.807) is 11.0 Å². The van der Waals surface area contributed by atoms with Crippen LogP contribution in [0.2, 0.25) is 0 Å². The highest BCUT2D eigenvalue weighted by molar-refractivity contribution is 7.89. The summed E-state index contributed by atoms with van der Waals surface area (Å²) in [6, 6.07) is 13.1. The number of nitrogens with one attached hydrogen (secondary N) is 1. The SMILES string of the molecule is Cc1ccc(S(=O)(=O)N2CCN(C(=O)NCc3cccc(COC(C)(C)C)c3)CC2)c(C)c1. The van der Waals surface area contributed by atoms with Gasteiger partial charge in [-0.3, -0.25) is 0 Å². The average Bonchev–Trinajstić information content (AvgIpc) is 2.76. The maximum absolute atomic E-state index is 13.1. The molecule has 1 fully saturated rings. The Bertz CT molecular complexity index is 1090. The number of rotatable bonds is 6. The van der Waals surface area contributed by atoms with Crippen molar-refractivity contribution < 1.29 is 17.9 Å². The molecule has 0 aliphatic carbocycles. The molecule has 7 nitrogen and oxygen atoms in total. The zero-order valence-corrected chi connectivity index (χ0v) is 21.0. The van der Waals surface area contributed by atoms with Gasteiger partial charge in [0.25, 0.3) is 0 Å². The number of aryl methyl sites for hydroxylation is 2. The van der Waals surface area contributed by atoms with Gasteiger partial charge in [0.15, 0.2) is 0 Å². The summed E-state index contributed by atoms with van der Waals surface area (Å²) >= 11 is 0. The summed E-state index contributed by atoms with van der Waals surface area (Å²) in [4.78, 5) is 14.7. The third-order valence-electron chi connectivity index (χ3n) is 5.58. The van der Waals surface area contributed by atoms with Crippen molar-refractivity contribution in [3.8, 4) is 0 Å². The number of ether oxygens (including phenoxy) is 1. The predicted molar refractivity (Wildman–Crippen MR) is 129 cm³/mol. The van der Waals surface area contributed by atoms with E-state index in [2.05, 4.69) is 5.32 Å². The van der Waals surface area contributed by atoms with Crippen molar-refractivity contribution >= 4 is 16.1 Å². The molecule has 1 N–H and O–H groups in total. The van der Waals surface area contributed by atoms with E-state index < -0.39 is 10.0 Å². The van der Waals surface area contributed by atoms with E-state index in [1.807, 2.05) is 71.0 Å². The quantitative estimate of drug-likeness (QED) is 0.692. The van der Waals surface area contributed by atoms with Crippen LogP contribution in [0.5, 0.6) is 0 Å². The highest BCUT2D eigenvalue weighted by Gasteiger charge is 2.31. The molecule has 0 aromatic heterocycles. The zero-order chi connectivity index (χ0) is 24.2. The molecule has 2 aromatic carbocycles. The molecule has 3 rings (SSSR count). The van der Waals surface area contributed by atoms with Gasteiger partial charge in [0.2, 0.25) is 10.0 Å². The van der Waals surface area contributed by atoms with Crippen LogP contribution in [-0.2, 0) is 27.9 Å². The Hall–Kier alpha value is -2.42. The van der Waals surface area contributed by atoms with Crippen molar-refractivity contribution in [3.05, 3.63) is 64.7 Å². The number of piperazine rings is 1. The van der Waals surface area contributed by atoms with E-state index in [4.69, 9.17) is 4.74 Å². The average molecular weight is 474 g/mol. The highest BCUT2D eigenvalue weighted by Crippen LogP contribution is 2.22. The highest BCUT2D eigenvalue weighted by atomic mass is 32.2. The topological polar surface area (TPSA) is 79.0 Å². The molecule has 8 heteroatoms. The van der Waals surface area contributed by atoms with Gasteiger partial charge in [0.05, 0.1) is 17.1 Å². The van der Waals surface area contributed by atoms with Crippen LogP contribution in [0.15, 0.2) is 47.4 Å². The third-order valence-corrected chi connectivity index (χ3v) is 7.64. The Labute approximate surface area is 197 Å². The fraction of sp³-hybridized carbons (Fsp3) is 0.480. The molecule has 1 saturated heterocycles. The number of hydrogen-bond acceptors (Lipinski definition) is 4. The molecule has 1 heterocycles. The molecule has 33 heavy (non-hydrogen) atoms. The van der Waals surface area contributed by atoms with Crippen molar-refractivity contribution in [1.29, 1.82) is 0 Å². The van der Waals surface area contributed by atoms with Crippen LogP contribution in [0.1, 0.15) is 43.0 Å². The van der Waals surface area contributed by atoms with Gasteiger partial charge < -0.3 is 15.0 Å². The van der Waals surface area contributed by atoms with E-state index in [-0.39, 0.29) is 24.7 Å². The molecule has 2 amide bonds. The number of benzene rings is 2. The molecule has 0 radical (unpaired) electrons. The lowest BCUT2D eigenvalue weighted by molar-refractivity contribution is -0.0149. The maximum atomic E-state index is 13.1. The van der Waals surface area contributed by atoms with Crippen molar-refractivity contribution in [1.82, 2.24) is 14.5 Å². The molecule has 1 aliphatic heterocycles. The van der Waals surface area contributed by atoms with E-state index >= 15 is 0 Å². The normalized spacial score (nSPS) is 15.5. The first-order valence-electron chi connectivity index (χ1n) is 11.3. The molecule has 0 atom stereocenters. The van der Waals surface area contributed by atoms with E-state index in [0.717, 1.165) is 22.3 Å². The fourth-order valence-corrected chi connectivity index (χ4v) is 5.41. The van der Waals surface area contributed by atoms with Crippen LogP contribution in [0, 0.1) is 13.8 Å². The second kappa shape index (κ2) is 10.2. The minimum absolute atomic E-state index is 0.185. The fourth-order valence-electron chi connectivity index (χ4n) is 3.78. The molecule has 0 unspecified atom stereocenters. The van der Waals surface area contributed by atoms with E-state index in [0.29, 0.717) is 31.1 Å². The van der Waals surface area contributed by atoms with Gasteiger partial charge in [-0.25, -0.2) is 13.2 Å². The van der Waals surface area contributed by atoms with Gasteiger partial charge >= 0.3 is 6.03 Å². The largest absolute Gasteiger partial charge is 0.371 e. The summed E-state index contributed by atoms with van der Waals surface area (Å²) in [7, 11) is -3.57. The molecule has 0 spiro atoms. The Morgan fingerprint density at radius 1 is 1.00 bits per heavy atom. The van der Waals surface area contributed by atoms with Crippen LogP contribution in [0.3, 0.4) is 0 Å². The maximum Gasteiger partial charge on any atom is 0.317 e. The molecule has 2 aromatic rings. The number of sulfonamides is 1. The lowest BCUT2D eigenvalue weighted by Gasteiger charge is -2.34. The van der Waals surface area contributed by atoms with Gasteiger partial charge in [-0.1, -0.05) is 42.0 Å². The van der Waals surface area contributed by atoms with Gasteiger partial charge in [-0.15, -0.1) is 0 Å². The Kier molecular flexibility index (Phi) is 7.82. The lowest BCUT2D eigenvalue weighted by Crippen LogP contribution is -2.53. The van der Waals surface area contributed by atoms with Crippen LogP contribution in [-0.4, -0.2) is 55.4 Å². The molecular formula is C25H35N3O4S. The number of amides is 2. The summed E-state index contributed by atoms with van der Waals surface area (Å²) in [5, 5.41) is 2.95. The molecule has 0 saturated carbocycles. The summed E-state index contributed by atoms with van der Waals surface area (Å²) in [6.07, 6.45) is 0. The monoisotopic (exact) mass is 473 g/mol.